The van der Waals surface area contributed by atoms with E-state index in [4.69, 9.17) is 9.73 Å². The zero-order valence-electron chi connectivity index (χ0n) is 19.7. The number of nitrogens with zero attached hydrogens (tertiary/aromatic N) is 3. The molecule has 0 aromatic heterocycles. The molecule has 0 saturated carbocycles. The lowest BCUT2D eigenvalue weighted by Crippen LogP contribution is -2.56. The third kappa shape index (κ3) is 8.08. The van der Waals surface area contributed by atoms with Crippen LogP contribution in [0.3, 0.4) is 0 Å². The summed E-state index contributed by atoms with van der Waals surface area (Å²) in [5.41, 5.74) is 1.89. The van der Waals surface area contributed by atoms with Gasteiger partial charge in [-0.05, 0) is 51.3 Å². The van der Waals surface area contributed by atoms with Crippen LogP contribution in [0.15, 0.2) is 29.3 Å². The molecule has 0 bridgehead atoms. The van der Waals surface area contributed by atoms with Gasteiger partial charge in [-0.2, -0.15) is 0 Å². The van der Waals surface area contributed by atoms with Crippen LogP contribution in [0.25, 0.3) is 0 Å². The Morgan fingerprint density at radius 1 is 1.12 bits per heavy atom. The fourth-order valence-corrected chi connectivity index (χ4v) is 3.96. The molecule has 2 aliphatic heterocycles. The summed E-state index contributed by atoms with van der Waals surface area (Å²) in [6.07, 6.45) is 2.18. The summed E-state index contributed by atoms with van der Waals surface area (Å²) in [7, 11) is 0. The van der Waals surface area contributed by atoms with E-state index in [2.05, 4.69) is 41.6 Å². The van der Waals surface area contributed by atoms with E-state index in [0.29, 0.717) is 6.54 Å². The van der Waals surface area contributed by atoms with Crippen molar-refractivity contribution in [2.75, 3.05) is 57.8 Å². The van der Waals surface area contributed by atoms with E-state index in [9.17, 15) is 4.79 Å². The van der Waals surface area contributed by atoms with Crippen LogP contribution in [0.4, 0.5) is 10.5 Å². The maximum absolute atomic E-state index is 12.3. The predicted octanol–water partition coefficient (Wildman–Crippen LogP) is 3.10. The minimum atomic E-state index is -0.0153. The van der Waals surface area contributed by atoms with Crippen molar-refractivity contribution in [2.45, 2.75) is 45.7 Å². The molecule has 180 valence electrons. The van der Waals surface area contributed by atoms with Gasteiger partial charge in [0, 0.05) is 50.5 Å². The number of anilines is 1. The summed E-state index contributed by atoms with van der Waals surface area (Å²) in [6, 6.07) is 7.91. The standard InChI is InChI=1S/C23H38N6O2.HI/c1-4-24-21(26-18-23(2,3)29-12-14-31-15-13-29)25-17-19-8-7-9-20(16-19)27-22(30)28-10-5-6-11-28;/h7-9,16H,4-6,10-15,17-18H2,1-3H3,(H,27,30)(H2,24,25,26);1H. The van der Waals surface area contributed by atoms with Crippen molar-refractivity contribution < 1.29 is 9.53 Å². The Labute approximate surface area is 209 Å². The Kier molecular flexibility index (Phi) is 11.0. The molecule has 2 saturated heterocycles. The van der Waals surface area contributed by atoms with Crippen LogP contribution in [0.5, 0.6) is 0 Å². The first-order valence-electron chi connectivity index (χ1n) is 11.5. The summed E-state index contributed by atoms with van der Waals surface area (Å²) in [5, 5.41) is 9.83. The van der Waals surface area contributed by atoms with Crippen LogP contribution in [0.2, 0.25) is 0 Å². The highest BCUT2D eigenvalue weighted by atomic mass is 127. The summed E-state index contributed by atoms with van der Waals surface area (Å²) < 4.78 is 5.48. The lowest BCUT2D eigenvalue weighted by atomic mass is 10.0. The predicted molar refractivity (Wildman–Crippen MR) is 141 cm³/mol. The normalized spacial score (nSPS) is 17.6. The molecule has 2 fully saturated rings. The fraction of sp³-hybridized carbons (Fsp3) is 0.652. The minimum Gasteiger partial charge on any atom is -0.379 e. The van der Waals surface area contributed by atoms with Gasteiger partial charge in [0.2, 0.25) is 0 Å². The Hall–Kier alpha value is -1.59. The number of guanidine groups is 1. The summed E-state index contributed by atoms with van der Waals surface area (Å²) >= 11 is 0. The number of halogens is 1. The van der Waals surface area contributed by atoms with Crippen molar-refractivity contribution in [3.63, 3.8) is 0 Å². The van der Waals surface area contributed by atoms with Gasteiger partial charge in [0.1, 0.15) is 0 Å². The minimum absolute atomic E-state index is 0. The van der Waals surface area contributed by atoms with Crippen molar-refractivity contribution >= 4 is 41.7 Å². The van der Waals surface area contributed by atoms with E-state index < -0.39 is 0 Å². The van der Waals surface area contributed by atoms with Crippen molar-refractivity contribution in [3.8, 4) is 0 Å². The molecule has 9 heteroatoms. The van der Waals surface area contributed by atoms with E-state index in [0.717, 1.165) is 82.5 Å². The number of hydrogen-bond donors (Lipinski definition) is 3. The molecular weight excluding hydrogens is 519 g/mol. The number of aliphatic imine (C=N–C) groups is 1. The van der Waals surface area contributed by atoms with E-state index >= 15 is 0 Å². The van der Waals surface area contributed by atoms with Gasteiger partial charge in [-0.3, -0.25) is 4.90 Å². The first-order valence-corrected chi connectivity index (χ1v) is 11.5. The highest BCUT2D eigenvalue weighted by Gasteiger charge is 2.28. The molecule has 2 amide bonds. The number of benzene rings is 1. The lowest BCUT2D eigenvalue weighted by Gasteiger charge is -2.41. The number of rotatable bonds is 7. The molecule has 8 nitrogen and oxygen atoms in total. The molecule has 0 unspecified atom stereocenters. The second kappa shape index (κ2) is 13.2. The number of ether oxygens (including phenoxy) is 1. The maximum atomic E-state index is 12.3. The van der Waals surface area contributed by atoms with Gasteiger partial charge in [-0.25, -0.2) is 9.79 Å². The average Bonchev–Trinajstić information content (AvgIpc) is 3.32. The molecule has 0 spiro atoms. The van der Waals surface area contributed by atoms with Crippen LogP contribution in [0, 0.1) is 0 Å². The average molecular weight is 559 g/mol. The van der Waals surface area contributed by atoms with Crippen molar-refractivity contribution in [1.82, 2.24) is 20.4 Å². The highest BCUT2D eigenvalue weighted by molar-refractivity contribution is 14.0. The summed E-state index contributed by atoms with van der Waals surface area (Å²) in [5.74, 6) is 0.801. The maximum Gasteiger partial charge on any atom is 0.321 e. The van der Waals surface area contributed by atoms with Crippen LogP contribution in [-0.2, 0) is 11.3 Å². The topological polar surface area (TPSA) is 81.2 Å². The van der Waals surface area contributed by atoms with Gasteiger partial charge in [0.15, 0.2) is 5.96 Å². The molecule has 3 rings (SSSR count). The molecule has 2 aliphatic rings. The zero-order chi connectivity index (χ0) is 22.1. The summed E-state index contributed by atoms with van der Waals surface area (Å²) in [4.78, 5) is 21.4. The number of urea groups is 1. The third-order valence-corrected chi connectivity index (χ3v) is 5.89. The molecule has 32 heavy (non-hydrogen) atoms. The van der Waals surface area contributed by atoms with E-state index in [1.54, 1.807) is 0 Å². The Bertz CT molecular complexity index is 746. The number of hydrogen-bond acceptors (Lipinski definition) is 4. The van der Waals surface area contributed by atoms with Gasteiger partial charge in [0.05, 0.1) is 19.8 Å². The first-order chi connectivity index (χ1) is 15.0. The van der Waals surface area contributed by atoms with Crippen LogP contribution in [0.1, 0.15) is 39.2 Å². The molecule has 0 atom stereocenters. The smallest absolute Gasteiger partial charge is 0.321 e. The van der Waals surface area contributed by atoms with Crippen molar-refractivity contribution in [1.29, 1.82) is 0 Å². The quantitative estimate of drug-likeness (QED) is 0.272. The monoisotopic (exact) mass is 558 g/mol. The number of nitrogens with one attached hydrogen (secondary N) is 3. The van der Waals surface area contributed by atoms with Gasteiger partial charge >= 0.3 is 6.03 Å². The number of morpholine rings is 1. The van der Waals surface area contributed by atoms with E-state index in [-0.39, 0.29) is 35.5 Å². The highest BCUT2D eigenvalue weighted by Crippen LogP contribution is 2.16. The van der Waals surface area contributed by atoms with Crippen molar-refractivity contribution in [3.05, 3.63) is 29.8 Å². The van der Waals surface area contributed by atoms with Crippen LogP contribution >= 0.6 is 24.0 Å². The number of carbonyl (C=O) groups excluding carboxylic acids is 1. The van der Waals surface area contributed by atoms with Gasteiger partial charge < -0.3 is 25.6 Å². The molecule has 0 radical (unpaired) electrons. The largest absolute Gasteiger partial charge is 0.379 e. The Morgan fingerprint density at radius 2 is 1.84 bits per heavy atom. The Balaban J connectivity index is 0.00000363. The molecule has 1 aromatic carbocycles. The molecule has 2 heterocycles. The third-order valence-electron chi connectivity index (χ3n) is 5.89. The second-order valence-corrected chi connectivity index (χ2v) is 8.79. The van der Waals surface area contributed by atoms with Crippen LogP contribution in [-0.4, -0.2) is 79.8 Å². The number of likely N-dealkylation sites (tertiary alicyclic amines) is 1. The van der Waals surface area contributed by atoms with Gasteiger partial charge in [-0.15, -0.1) is 24.0 Å². The lowest BCUT2D eigenvalue weighted by molar-refractivity contribution is -0.00834. The van der Waals surface area contributed by atoms with Crippen molar-refractivity contribution in [2.24, 2.45) is 4.99 Å². The number of carbonyl (C=O) groups is 1. The van der Waals surface area contributed by atoms with Gasteiger partial charge in [0.25, 0.3) is 0 Å². The Morgan fingerprint density at radius 3 is 2.53 bits per heavy atom. The zero-order valence-corrected chi connectivity index (χ0v) is 22.0. The SMILES string of the molecule is CCNC(=NCc1cccc(NC(=O)N2CCCC2)c1)NCC(C)(C)N1CCOCC1.I. The van der Waals surface area contributed by atoms with E-state index in [1.165, 1.54) is 0 Å². The van der Waals surface area contributed by atoms with Crippen LogP contribution < -0.4 is 16.0 Å². The molecule has 1 aromatic rings. The number of amides is 2. The van der Waals surface area contributed by atoms with Gasteiger partial charge in [-0.1, -0.05) is 12.1 Å². The molecule has 0 aliphatic carbocycles. The molecular formula is C23H39IN6O2. The summed E-state index contributed by atoms with van der Waals surface area (Å²) in [6.45, 7) is 13.9. The molecule has 3 N–H and O–H groups in total. The fourth-order valence-electron chi connectivity index (χ4n) is 3.96. The first kappa shape index (κ1) is 26.7. The second-order valence-electron chi connectivity index (χ2n) is 8.79. The van der Waals surface area contributed by atoms with E-state index in [1.807, 2.05) is 29.2 Å².